The van der Waals surface area contributed by atoms with Crippen LogP contribution in [0, 0.1) is 17.8 Å². The summed E-state index contributed by atoms with van der Waals surface area (Å²) in [5.74, 6) is 1.77. The molecule has 4 heteroatoms. The number of fused-ring (bicyclic) bond motifs is 2. The maximum Gasteiger partial charge on any atom is 0.0593 e. The van der Waals surface area contributed by atoms with Gasteiger partial charge in [-0.25, -0.2) is 0 Å². The van der Waals surface area contributed by atoms with Gasteiger partial charge in [-0.3, -0.25) is 5.32 Å². The third-order valence-corrected chi connectivity index (χ3v) is 5.18. The van der Waals surface area contributed by atoms with Crippen LogP contribution in [-0.2, 0) is 4.79 Å². The standard InChI is InChI=1S/C11H15NO2S/c13-11(14)9-5-15-10(12-9)8-4-6-1-2-7(8)3-6/h1-2,6-10,12H,3-5H2,(H,13,14)/p-1. The monoisotopic (exact) mass is 224 g/mol. The SMILES string of the molecule is O=C([O-])C1CSC(C2CC3C=CC2C3)N1. The van der Waals surface area contributed by atoms with E-state index in [1.54, 1.807) is 11.8 Å². The lowest BCUT2D eigenvalue weighted by molar-refractivity contribution is -0.307. The van der Waals surface area contributed by atoms with Crippen LogP contribution in [0.5, 0.6) is 0 Å². The van der Waals surface area contributed by atoms with Gasteiger partial charge >= 0.3 is 0 Å². The first kappa shape index (κ1) is 9.73. The van der Waals surface area contributed by atoms with E-state index in [1.165, 1.54) is 12.8 Å². The predicted octanol–water partition coefficient (Wildman–Crippen LogP) is -0.0204. The number of rotatable bonds is 2. The lowest BCUT2D eigenvalue weighted by Gasteiger charge is -2.25. The van der Waals surface area contributed by atoms with Gasteiger partial charge in [0.2, 0.25) is 0 Å². The highest BCUT2D eigenvalue weighted by molar-refractivity contribution is 8.00. The first-order valence-electron chi connectivity index (χ1n) is 5.51. The smallest absolute Gasteiger partial charge is 0.0593 e. The zero-order chi connectivity index (χ0) is 10.4. The molecule has 2 aliphatic carbocycles. The van der Waals surface area contributed by atoms with Crippen molar-refractivity contribution in [2.24, 2.45) is 17.8 Å². The number of carboxylic acids is 1. The number of thioether (sulfide) groups is 1. The van der Waals surface area contributed by atoms with Crippen LogP contribution in [-0.4, -0.2) is 23.1 Å². The quantitative estimate of drug-likeness (QED) is 0.670. The van der Waals surface area contributed by atoms with Gasteiger partial charge in [-0.2, -0.15) is 0 Å². The van der Waals surface area contributed by atoms with E-state index in [1.807, 2.05) is 0 Å². The summed E-state index contributed by atoms with van der Waals surface area (Å²) in [6.07, 6.45) is 7.13. The minimum atomic E-state index is -0.955. The van der Waals surface area contributed by atoms with E-state index in [0.717, 1.165) is 5.92 Å². The largest absolute Gasteiger partial charge is 0.548 e. The molecule has 1 heterocycles. The number of hydrogen-bond acceptors (Lipinski definition) is 4. The van der Waals surface area contributed by atoms with Gasteiger partial charge in [0.1, 0.15) is 0 Å². The Balaban J connectivity index is 1.65. The Morgan fingerprint density at radius 2 is 2.27 bits per heavy atom. The van der Waals surface area contributed by atoms with Gasteiger partial charge in [0.15, 0.2) is 0 Å². The maximum atomic E-state index is 10.7. The zero-order valence-corrected chi connectivity index (χ0v) is 9.20. The van der Waals surface area contributed by atoms with Gasteiger partial charge in [0, 0.05) is 5.75 Å². The van der Waals surface area contributed by atoms with Gasteiger partial charge < -0.3 is 9.90 Å². The third kappa shape index (κ3) is 1.60. The van der Waals surface area contributed by atoms with Crippen LogP contribution in [0.3, 0.4) is 0 Å². The van der Waals surface area contributed by atoms with Gasteiger partial charge in [-0.1, -0.05) is 12.2 Å². The highest BCUT2D eigenvalue weighted by Gasteiger charge is 2.42. The number of carbonyl (C=O) groups is 1. The molecule has 1 aliphatic heterocycles. The van der Waals surface area contributed by atoms with Crippen LogP contribution in [0.25, 0.3) is 0 Å². The minimum absolute atomic E-state index is 0.327. The normalized spacial score (nSPS) is 47.6. The van der Waals surface area contributed by atoms with Crippen LogP contribution in [0.4, 0.5) is 0 Å². The van der Waals surface area contributed by atoms with E-state index < -0.39 is 12.0 Å². The van der Waals surface area contributed by atoms with Gasteiger partial charge in [0.25, 0.3) is 0 Å². The van der Waals surface area contributed by atoms with Crippen LogP contribution < -0.4 is 10.4 Å². The summed E-state index contributed by atoms with van der Waals surface area (Å²) < 4.78 is 0. The first-order chi connectivity index (χ1) is 7.24. The molecular formula is C11H14NO2S-. The molecule has 0 spiro atoms. The lowest BCUT2D eigenvalue weighted by atomic mass is 9.93. The number of allylic oxidation sites excluding steroid dienone is 2. The fourth-order valence-corrected chi connectivity index (χ4v) is 4.50. The Hall–Kier alpha value is -0.480. The molecule has 5 unspecified atom stereocenters. The molecule has 3 rings (SSSR count). The number of carboxylic acid groups (broad SMARTS) is 1. The van der Waals surface area contributed by atoms with Crippen molar-refractivity contribution in [1.29, 1.82) is 0 Å². The third-order valence-electron chi connectivity index (χ3n) is 3.81. The summed E-state index contributed by atoms with van der Waals surface area (Å²) in [5, 5.41) is 14.2. The van der Waals surface area contributed by atoms with Crippen LogP contribution >= 0.6 is 11.8 Å². The Morgan fingerprint density at radius 3 is 2.80 bits per heavy atom. The van der Waals surface area contributed by atoms with Gasteiger partial charge in [0.05, 0.1) is 17.4 Å². The summed E-state index contributed by atoms with van der Waals surface area (Å²) in [5.41, 5.74) is 0. The van der Waals surface area contributed by atoms with E-state index in [-0.39, 0.29) is 0 Å². The molecular weight excluding hydrogens is 210 g/mol. The fourth-order valence-electron chi connectivity index (χ4n) is 3.05. The average molecular weight is 224 g/mol. The summed E-state index contributed by atoms with van der Waals surface area (Å²) in [7, 11) is 0. The topological polar surface area (TPSA) is 52.2 Å². The number of aliphatic carboxylic acids is 1. The molecule has 0 aromatic carbocycles. The van der Waals surface area contributed by atoms with Crippen LogP contribution in [0.1, 0.15) is 12.8 Å². The number of hydrogen-bond donors (Lipinski definition) is 1. The molecule has 3 aliphatic rings. The number of nitrogens with one attached hydrogen (secondary N) is 1. The molecule has 0 radical (unpaired) electrons. The molecule has 0 aromatic rings. The molecule has 3 nitrogen and oxygen atoms in total. The fraction of sp³-hybridized carbons (Fsp3) is 0.727. The maximum absolute atomic E-state index is 10.7. The van der Waals surface area contributed by atoms with Crippen molar-refractivity contribution in [2.45, 2.75) is 24.3 Å². The highest BCUT2D eigenvalue weighted by Crippen LogP contribution is 2.47. The van der Waals surface area contributed by atoms with E-state index in [9.17, 15) is 9.90 Å². The molecule has 82 valence electrons. The average Bonchev–Trinajstić information content (AvgIpc) is 2.93. The minimum Gasteiger partial charge on any atom is -0.548 e. The number of carbonyl (C=O) groups excluding carboxylic acids is 1. The molecule has 1 saturated carbocycles. The summed E-state index contributed by atoms with van der Waals surface area (Å²) in [6.45, 7) is 0. The Bertz CT molecular complexity index is 318. The second kappa shape index (κ2) is 3.52. The van der Waals surface area contributed by atoms with Crippen LogP contribution in [0.15, 0.2) is 12.2 Å². The first-order valence-corrected chi connectivity index (χ1v) is 6.56. The van der Waals surface area contributed by atoms with Crippen molar-refractivity contribution in [1.82, 2.24) is 5.32 Å². The van der Waals surface area contributed by atoms with Crippen molar-refractivity contribution < 1.29 is 9.90 Å². The van der Waals surface area contributed by atoms with Crippen molar-refractivity contribution in [2.75, 3.05) is 5.75 Å². The Kier molecular flexibility index (Phi) is 2.29. The Morgan fingerprint density at radius 1 is 1.40 bits per heavy atom. The van der Waals surface area contributed by atoms with E-state index in [0.29, 0.717) is 23.0 Å². The Labute approximate surface area is 93.3 Å². The second-order valence-electron chi connectivity index (χ2n) is 4.74. The van der Waals surface area contributed by atoms with Crippen LogP contribution in [0.2, 0.25) is 0 Å². The molecule has 1 saturated heterocycles. The van der Waals surface area contributed by atoms with Crippen molar-refractivity contribution in [3.63, 3.8) is 0 Å². The molecule has 5 atom stereocenters. The molecule has 1 N–H and O–H groups in total. The van der Waals surface area contributed by atoms with Crippen molar-refractivity contribution >= 4 is 17.7 Å². The molecule has 2 bridgehead atoms. The molecule has 2 fully saturated rings. The van der Waals surface area contributed by atoms with Gasteiger partial charge in [-0.15, -0.1) is 11.8 Å². The van der Waals surface area contributed by atoms with E-state index in [2.05, 4.69) is 17.5 Å². The van der Waals surface area contributed by atoms with Crippen molar-refractivity contribution in [3.05, 3.63) is 12.2 Å². The zero-order valence-electron chi connectivity index (χ0n) is 8.39. The summed E-state index contributed by atoms with van der Waals surface area (Å²) >= 11 is 1.75. The summed E-state index contributed by atoms with van der Waals surface area (Å²) in [6, 6.07) is -0.442. The molecule has 0 aromatic heterocycles. The van der Waals surface area contributed by atoms with E-state index >= 15 is 0 Å². The molecule has 15 heavy (non-hydrogen) atoms. The second-order valence-corrected chi connectivity index (χ2v) is 5.91. The summed E-state index contributed by atoms with van der Waals surface area (Å²) in [4.78, 5) is 10.7. The highest BCUT2D eigenvalue weighted by atomic mass is 32.2. The lowest BCUT2D eigenvalue weighted by Crippen LogP contribution is -2.46. The molecule has 0 amide bonds. The van der Waals surface area contributed by atoms with Crippen molar-refractivity contribution in [3.8, 4) is 0 Å². The van der Waals surface area contributed by atoms with Gasteiger partial charge in [-0.05, 0) is 30.6 Å². The van der Waals surface area contributed by atoms with E-state index in [4.69, 9.17) is 0 Å². The predicted molar refractivity (Wildman–Crippen MR) is 57.0 cm³/mol.